The normalized spacial score (nSPS) is 15.7. The molecule has 12 nitrogen and oxygen atoms in total. The zero-order valence-corrected chi connectivity index (χ0v) is 37.2. The Balaban J connectivity index is 0.00000261. The van der Waals surface area contributed by atoms with Crippen molar-refractivity contribution in [1.29, 1.82) is 0 Å². The van der Waals surface area contributed by atoms with Gasteiger partial charge in [0.1, 0.15) is 11.5 Å². The molecule has 9 rings (SSSR count). The maximum absolute atomic E-state index is 14.3. The fourth-order valence-corrected chi connectivity index (χ4v) is 10.3. The molecule has 2 aliphatic heterocycles. The molecular weight excluding hydrogens is 817 g/mol. The number of carboxylic acids is 1. The molecule has 322 valence electrons. The number of aromatic nitrogens is 4. The molecule has 1 saturated heterocycles. The number of carbonyl (C=O) groups excluding carboxylic acids is 2. The van der Waals surface area contributed by atoms with Crippen LogP contribution < -0.4 is 19.8 Å². The monoisotopic (exact) mass is 870 g/mol. The minimum absolute atomic E-state index is 0.204. The number of nitrogens with zero attached hydrogens (tertiary/aromatic N) is 6. The lowest BCUT2D eigenvalue weighted by molar-refractivity contribution is -0.142. The maximum Gasteiger partial charge on any atom is 0.306 e. The van der Waals surface area contributed by atoms with Gasteiger partial charge in [-0.05, 0) is 123 Å². The predicted octanol–water partition coefficient (Wildman–Crippen LogP) is 10.0. The molecule has 14 heteroatoms. The van der Waals surface area contributed by atoms with Crippen LogP contribution in [0.15, 0.2) is 90.0 Å². The molecule has 0 unspecified atom stereocenters. The molecule has 0 bridgehead atoms. The van der Waals surface area contributed by atoms with Gasteiger partial charge in [0.2, 0.25) is 0 Å². The van der Waals surface area contributed by atoms with Gasteiger partial charge in [0, 0.05) is 65.7 Å². The average molecular weight is 871 g/mol. The molecule has 2 amide bonds. The topological polar surface area (TPSA) is 146 Å². The average Bonchev–Trinajstić information content (AvgIpc) is 3.90. The second-order valence-electron chi connectivity index (χ2n) is 16.1. The highest BCUT2D eigenvalue weighted by molar-refractivity contribution is 7.98. The Kier molecular flexibility index (Phi) is 13.5. The second kappa shape index (κ2) is 19.5. The van der Waals surface area contributed by atoms with Gasteiger partial charge in [-0.3, -0.25) is 29.1 Å². The van der Waals surface area contributed by atoms with Crippen molar-refractivity contribution in [3.8, 4) is 11.1 Å². The van der Waals surface area contributed by atoms with E-state index >= 15 is 0 Å². The van der Waals surface area contributed by atoms with Crippen LogP contribution in [0.25, 0.3) is 21.3 Å². The van der Waals surface area contributed by atoms with E-state index in [0.29, 0.717) is 67.1 Å². The number of fused-ring (bicyclic) bond motifs is 2. The summed E-state index contributed by atoms with van der Waals surface area (Å²) in [6.07, 6.45) is 10.1. The smallest absolute Gasteiger partial charge is 0.306 e. The number of amides is 2. The highest BCUT2D eigenvalue weighted by Crippen LogP contribution is 2.34. The van der Waals surface area contributed by atoms with Crippen molar-refractivity contribution < 1.29 is 19.5 Å². The van der Waals surface area contributed by atoms with E-state index in [4.69, 9.17) is 10.1 Å². The molecule has 1 saturated carbocycles. The maximum atomic E-state index is 14.3. The molecule has 62 heavy (non-hydrogen) atoms. The number of nitrogens with one attached hydrogen (secondary N) is 2. The third-order valence-corrected chi connectivity index (χ3v) is 14.1. The largest absolute Gasteiger partial charge is 0.481 e. The Labute approximate surface area is 371 Å². The third-order valence-electron chi connectivity index (χ3n) is 12.3. The zero-order valence-electron chi connectivity index (χ0n) is 35.6. The van der Waals surface area contributed by atoms with Crippen molar-refractivity contribution in [3.05, 3.63) is 113 Å². The summed E-state index contributed by atoms with van der Waals surface area (Å²) in [6, 6.07) is 25.7. The SMILES string of the molecule is CC.Cc1c(-c2ccc(N3CCc4cccc(C(=O)Nc5nc6ccccc6s5)c4C3)nc2C(=O)NSc2ccc(N3CCC(C(=O)O)CC3)cc2)cnn1CC1CCCCC1. The van der Waals surface area contributed by atoms with E-state index in [9.17, 15) is 19.5 Å². The second-order valence-corrected chi connectivity index (χ2v) is 18.0. The predicted molar refractivity (Wildman–Crippen MR) is 249 cm³/mol. The summed E-state index contributed by atoms with van der Waals surface area (Å²) >= 11 is 2.69. The molecule has 0 spiro atoms. The van der Waals surface area contributed by atoms with Gasteiger partial charge in [-0.1, -0.05) is 68.7 Å². The lowest BCUT2D eigenvalue weighted by atomic mass is 9.89. The summed E-state index contributed by atoms with van der Waals surface area (Å²) in [6.45, 7) is 9.47. The quantitative estimate of drug-likeness (QED) is 0.108. The van der Waals surface area contributed by atoms with Gasteiger partial charge in [-0.15, -0.1) is 0 Å². The van der Waals surface area contributed by atoms with E-state index in [-0.39, 0.29) is 17.7 Å². The standard InChI is InChI=1S/C46H48N8O4S2.C2H6/c1-29-37(26-47-54(29)27-30-8-3-2-4-9-30)35-18-19-41(49-42(35)44(56)51-60-34-16-14-33(15-17-34)52-23-21-32(22-24-52)45(57)58)53-25-20-31-10-7-11-36(38(31)28-53)43(55)50-46-48-39-12-5-6-13-40(39)59-46;1-2/h5-7,10-19,26,30,32H,2-4,8-9,20-25,27-28H2,1H3,(H,51,56)(H,57,58)(H,48,50,55);1-2H3. The molecule has 3 N–H and O–H groups in total. The molecule has 1 aliphatic carbocycles. The molecule has 3 aromatic carbocycles. The summed E-state index contributed by atoms with van der Waals surface area (Å²) in [5.41, 5.74) is 7.46. The van der Waals surface area contributed by atoms with E-state index < -0.39 is 5.97 Å². The first-order valence-electron chi connectivity index (χ1n) is 21.9. The van der Waals surface area contributed by atoms with Gasteiger partial charge in [0.05, 0.1) is 22.3 Å². The van der Waals surface area contributed by atoms with Gasteiger partial charge >= 0.3 is 5.97 Å². The van der Waals surface area contributed by atoms with Gasteiger partial charge in [-0.25, -0.2) is 9.97 Å². The number of anilines is 3. The van der Waals surface area contributed by atoms with E-state index in [1.807, 2.05) is 92.8 Å². The van der Waals surface area contributed by atoms with Crippen molar-refractivity contribution in [2.24, 2.45) is 11.8 Å². The Bertz CT molecular complexity index is 2510. The van der Waals surface area contributed by atoms with Crippen LogP contribution in [0.3, 0.4) is 0 Å². The van der Waals surface area contributed by atoms with Gasteiger partial charge in [0.15, 0.2) is 5.13 Å². The number of benzene rings is 3. The fraction of sp³-hybridized carbons (Fsp3) is 0.375. The Morgan fingerprint density at radius 2 is 1.60 bits per heavy atom. The Morgan fingerprint density at radius 3 is 2.35 bits per heavy atom. The number of piperidine rings is 1. The summed E-state index contributed by atoms with van der Waals surface area (Å²) < 4.78 is 6.17. The summed E-state index contributed by atoms with van der Waals surface area (Å²) in [7, 11) is 0. The van der Waals surface area contributed by atoms with Crippen LogP contribution in [-0.4, -0.2) is 62.3 Å². The van der Waals surface area contributed by atoms with Crippen LogP contribution in [-0.2, 0) is 24.3 Å². The van der Waals surface area contributed by atoms with E-state index in [1.165, 1.54) is 55.4 Å². The zero-order chi connectivity index (χ0) is 43.2. The first-order valence-corrected chi connectivity index (χ1v) is 23.5. The number of carbonyl (C=O) groups is 3. The van der Waals surface area contributed by atoms with Crippen LogP contribution in [0.4, 0.5) is 16.6 Å². The van der Waals surface area contributed by atoms with E-state index in [2.05, 4.69) is 42.5 Å². The number of hydrogen-bond donors (Lipinski definition) is 3. The minimum Gasteiger partial charge on any atom is -0.481 e. The van der Waals surface area contributed by atoms with Gasteiger partial charge in [-0.2, -0.15) is 5.10 Å². The highest BCUT2D eigenvalue weighted by Gasteiger charge is 2.28. The number of rotatable bonds is 11. The molecule has 3 aromatic heterocycles. The third kappa shape index (κ3) is 9.51. The molecule has 5 heterocycles. The van der Waals surface area contributed by atoms with Crippen LogP contribution >= 0.6 is 23.3 Å². The number of para-hydroxylation sites is 1. The molecular formula is C48H54N8O4S2. The Hall–Kier alpha value is -5.73. The summed E-state index contributed by atoms with van der Waals surface area (Å²) in [5, 5.41) is 17.8. The van der Waals surface area contributed by atoms with E-state index in [1.54, 1.807) is 0 Å². The number of pyridine rings is 1. The minimum atomic E-state index is -0.722. The number of aliphatic carboxylic acids is 1. The van der Waals surface area contributed by atoms with Gasteiger partial charge < -0.3 is 14.9 Å². The number of thiazole rings is 1. The van der Waals surface area contributed by atoms with Crippen molar-refractivity contribution in [2.75, 3.05) is 34.8 Å². The van der Waals surface area contributed by atoms with Crippen molar-refractivity contribution >= 4 is 67.9 Å². The highest BCUT2D eigenvalue weighted by atomic mass is 32.2. The molecule has 2 fully saturated rings. The van der Waals surface area contributed by atoms with Crippen LogP contribution in [0.2, 0.25) is 0 Å². The summed E-state index contributed by atoms with van der Waals surface area (Å²) in [4.78, 5) is 54.4. The number of carboxylic acid groups (broad SMARTS) is 1. The van der Waals surface area contributed by atoms with Crippen LogP contribution in [0.1, 0.15) is 96.5 Å². The lowest BCUT2D eigenvalue weighted by Crippen LogP contribution is -2.36. The lowest BCUT2D eigenvalue weighted by Gasteiger charge is -2.32. The van der Waals surface area contributed by atoms with Crippen LogP contribution in [0, 0.1) is 18.8 Å². The van der Waals surface area contributed by atoms with Crippen molar-refractivity contribution in [2.45, 2.75) is 90.1 Å². The molecule has 0 radical (unpaired) electrons. The Morgan fingerprint density at radius 1 is 0.823 bits per heavy atom. The van der Waals surface area contributed by atoms with Crippen molar-refractivity contribution in [3.63, 3.8) is 0 Å². The molecule has 6 aromatic rings. The number of hydrogen-bond acceptors (Lipinski definition) is 10. The molecule has 3 aliphatic rings. The van der Waals surface area contributed by atoms with Gasteiger partial charge in [0.25, 0.3) is 11.8 Å². The first-order chi connectivity index (χ1) is 30.3. The van der Waals surface area contributed by atoms with Crippen LogP contribution in [0.5, 0.6) is 0 Å². The van der Waals surface area contributed by atoms with E-state index in [0.717, 1.165) is 61.7 Å². The summed E-state index contributed by atoms with van der Waals surface area (Å²) in [5.74, 6) is -0.272. The fourth-order valence-electron chi connectivity index (χ4n) is 8.87. The molecule has 0 atom stereocenters. The first kappa shape index (κ1) is 42.9. The van der Waals surface area contributed by atoms with Crippen molar-refractivity contribution in [1.82, 2.24) is 24.5 Å².